The third kappa shape index (κ3) is 3.16. The monoisotopic (exact) mass is 291 g/mol. The number of carbonyl (C=O) groups excluding carboxylic acids is 1. The van der Waals surface area contributed by atoms with Gasteiger partial charge in [-0.3, -0.25) is 9.69 Å². The van der Waals surface area contributed by atoms with Gasteiger partial charge in [0.2, 0.25) is 5.91 Å². The highest BCUT2D eigenvalue weighted by molar-refractivity contribution is 7.22. The lowest BCUT2D eigenvalue weighted by atomic mass is 10.1. The molecule has 0 aliphatic rings. The molecule has 0 spiro atoms. The maximum Gasteiger partial charge on any atom is 0.225 e. The van der Waals surface area contributed by atoms with E-state index < -0.39 is 0 Å². The van der Waals surface area contributed by atoms with Gasteiger partial charge in [-0.15, -0.1) is 0 Å². The Kier molecular flexibility index (Phi) is 4.40. The van der Waals surface area contributed by atoms with Gasteiger partial charge in [-0.2, -0.15) is 0 Å². The molecule has 1 heterocycles. The van der Waals surface area contributed by atoms with Gasteiger partial charge in [0.1, 0.15) is 0 Å². The van der Waals surface area contributed by atoms with Crippen LogP contribution in [-0.4, -0.2) is 43.0 Å². The second kappa shape index (κ2) is 5.89. The van der Waals surface area contributed by atoms with Gasteiger partial charge in [0, 0.05) is 20.0 Å². The molecule has 1 aromatic heterocycles. The standard InChI is InChI=1S/C15H21N3OS/c1-10-8-13-14(9-11(10)2)20-15(16-13)18(12(3)19)7-6-17(4)5/h8-9H,6-7H2,1-5H3. The van der Waals surface area contributed by atoms with Crippen molar-refractivity contribution in [2.24, 2.45) is 0 Å². The van der Waals surface area contributed by atoms with Crippen molar-refractivity contribution in [3.63, 3.8) is 0 Å². The number of aryl methyl sites for hydroxylation is 2. The summed E-state index contributed by atoms with van der Waals surface area (Å²) < 4.78 is 1.14. The fourth-order valence-corrected chi connectivity index (χ4v) is 3.09. The van der Waals surface area contributed by atoms with Crippen molar-refractivity contribution in [3.8, 4) is 0 Å². The van der Waals surface area contributed by atoms with Crippen LogP contribution in [0.3, 0.4) is 0 Å². The molecule has 2 aromatic rings. The van der Waals surface area contributed by atoms with Crippen molar-refractivity contribution >= 4 is 32.6 Å². The Hall–Kier alpha value is -1.46. The zero-order chi connectivity index (χ0) is 14.9. The molecule has 5 heteroatoms. The molecule has 0 unspecified atom stereocenters. The van der Waals surface area contributed by atoms with Crippen LogP contribution in [0.25, 0.3) is 10.2 Å². The number of likely N-dealkylation sites (N-methyl/N-ethyl adjacent to an activating group) is 1. The number of hydrogen-bond acceptors (Lipinski definition) is 4. The number of amides is 1. The van der Waals surface area contributed by atoms with Gasteiger partial charge in [-0.05, 0) is 51.2 Å². The summed E-state index contributed by atoms with van der Waals surface area (Å²) in [6.07, 6.45) is 0. The summed E-state index contributed by atoms with van der Waals surface area (Å²) >= 11 is 1.58. The SMILES string of the molecule is CC(=O)N(CCN(C)C)c1nc2cc(C)c(C)cc2s1. The summed E-state index contributed by atoms with van der Waals surface area (Å²) in [6, 6.07) is 4.24. The number of rotatable bonds is 4. The lowest BCUT2D eigenvalue weighted by molar-refractivity contribution is -0.116. The van der Waals surface area contributed by atoms with E-state index >= 15 is 0 Å². The summed E-state index contributed by atoms with van der Waals surface area (Å²) in [5.74, 6) is 0.0411. The Morgan fingerprint density at radius 1 is 1.20 bits per heavy atom. The first-order chi connectivity index (χ1) is 9.38. The first-order valence-corrected chi connectivity index (χ1v) is 7.50. The first kappa shape index (κ1) is 14.9. The van der Waals surface area contributed by atoms with Crippen molar-refractivity contribution in [2.45, 2.75) is 20.8 Å². The third-order valence-electron chi connectivity index (χ3n) is 3.37. The first-order valence-electron chi connectivity index (χ1n) is 6.69. The minimum absolute atomic E-state index is 0.0411. The van der Waals surface area contributed by atoms with Gasteiger partial charge < -0.3 is 4.90 Å². The largest absolute Gasteiger partial charge is 0.308 e. The normalized spacial score (nSPS) is 11.3. The molecule has 0 fully saturated rings. The Bertz CT molecular complexity index is 594. The van der Waals surface area contributed by atoms with Gasteiger partial charge in [0.05, 0.1) is 10.2 Å². The van der Waals surface area contributed by atoms with Crippen molar-refractivity contribution in [1.29, 1.82) is 0 Å². The van der Waals surface area contributed by atoms with Crippen LogP contribution < -0.4 is 4.90 Å². The Balaban J connectivity index is 2.36. The summed E-state index contributed by atoms with van der Waals surface area (Å²) in [5, 5.41) is 0.791. The molecule has 0 saturated carbocycles. The van der Waals surface area contributed by atoms with E-state index in [0.717, 1.165) is 21.9 Å². The minimum atomic E-state index is 0.0411. The number of nitrogens with zero attached hydrogens (tertiary/aromatic N) is 3. The Labute approximate surface area is 124 Å². The van der Waals surface area contributed by atoms with Crippen molar-refractivity contribution < 1.29 is 4.79 Å². The molecule has 0 N–H and O–H groups in total. The maximum atomic E-state index is 11.8. The van der Waals surface area contributed by atoms with Crippen LogP contribution in [0.1, 0.15) is 18.1 Å². The smallest absolute Gasteiger partial charge is 0.225 e. The quantitative estimate of drug-likeness (QED) is 0.869. The molecule has 0 aliphatic heterocycles. The molecule has 4 nitrogen and oxygen atoms in total. The van der Waals surface area contributed by atoms with E-state index in [1.54, 1.807) is 23.2 Å². The van der Waals surface area contributed by atoms with Crippen molar-refractivity contribution in [2.75, 3.05) is 32.1 Å². The molecule has 0 aliphatic carbocycles. The lowest BCUT2D eigenvalue weighted by Gasteiger charge is -2.20. The van der Waals surface area contributed by atoms with Crippen LogP contribution >= 0.6 is 11.3 Å². The van der Waals surface area contributed by atoms with Crippen molar-refractivity contribution in [3.05, 3.63) is 23.3 Å². The Morgan fingerprint density at radius 2 is 1.85 bits per heavy atom. The van der Waals surface area contributed by atoms with E-state index in [1.165, 1.54) is 11.1 Å². The van der Waals surface area contributed by atoms with Crippen LogP contribution in [0, 0.1) is 13.8 Å². The summed E-state index contributed by atoms with van der Waals surface area (Å²) in [7, 11) is 4.01. The highest BCUT2D eigenvalue weighted by Gasteiger charge is 2.16. The molecule has 1 aromatic carbocycles. The molecule has 20 heavy (non-hydrogen) atoms. The number of anilines is 1. The molecular formula is C15H21N3OS. The van der Waals surface area contributed by atoms with Crippen LogP contribution in [0.4, 0.5) is 5.13 Å². The van der Waals surface area contributed by atoms with Crippen LogP contribution in [-0.2, 0) is 4.79 Å². The number of aromatic nitrogens is 1. The van der Waals surface area contributed by atoms with Gasteiger partial charge >= 0.3 is 0 Å². The molecule has 0 radical (unpaired) electrons. The average molecular weight is 291 g/mol. The zero-order valence-corrected chi connectivity index (χ0v) is 13.5. The minimum Gasteiger partial charge on any atom is -0.308 e. The van der Waals surface area contributed by atoms with Gasteiger partial charge in [0.15, 0.2) is 5.13 Å². The van der Waals surface area contributed by atoms with E-state index in [0.29, 0.717) is 6.54 Å². The topological polar surface area (TPSA) is 36.4 Å². The fraction of sp³-hybridized carbons (Fsp3) is 0.467. The van der Waals surface area contributed by atoms with E-state index in [-0.39, 0.29) is 5.91 Å². The van der Waals surface area contributed by atoms with Gasteiger partial charge in [0.25, 0.3) is 0 Å². The maximum absolute atomic E-state index is 11.8. The predicted molar refractivity (Wildman–Crippen MR) is 85.7 cm³/mol. The molecule has 0 saturated heterocycles. The summed E-state index contributed by atoms with van der Waals surface area (Å²) in [6.45, 7) is 7.28. The number of benzene rings is 1. The van der Waals surface area contributed by atoms with Crippen LogP contribution in [0.2, 0.25) is 0 Å². The highest BCUT2D eigenvalue weighted by Crippen LogP contribution is 2.30. The van der Waals surface area contributed by atoms with Gasteiger partial charge in [-0.1, -0.05) is 11.3 Å². The number of fused-ring (bicyclic) bond motifs is 1. The van der Waals surface area contributed by atoms with Crippen LogP contribution in [0.5, 0.6) is 0 Å². The van der Waals surface area contributed by atoms with Gasteiger partial charge in [-0.25, -0.2) is 4.98 Å². The number of thiazole rings is 1. The fourth-order valence-electron chi connectivity index (χ4n) is 1.97. The third-order valence-corrected chi connectivity index (χ3v) is 4.42. The predicted octanol–water partition coefficient (Wildman–Crippen LogP) is 2.83. The summed E-state index contributed by atoms with van der Waals surface area (Å²) in [4.78, 5) is 20.3. The van der Waals surface area contributed by atoms with E-state index in [1.807, 2.05) is 14.1 Å². The van der Waals surface area contributed by atoms with E-state index in [2.05, 4.69) is 35.9 Å². The number of hydrogen-bond donors (Lipinski definition) is 0. The molecule has 108 valence electrons. The molecule has 2 rings (SSSR count). The van der Waals surface area contributed by atoms with E-state index in [4.69, 9.17) is 0 Å². The molecule has 0 atom stereocenters. The highest BCUT2D eigenvalue weighted by atomic mass is 32.1. The van der Waals surface area contributed by atoms with E-state index in [9.17, 15) is 4.79 Å². The summed E-state index contributed by atoms with van der Waals surface area (Å²) in [5.41, 5.74) is 3.47. The van der Waals surface area contributed by atoms with Crippen LogP contribution in [0.15, 0.2) is 12.1 Å². The average Bonchev–Trinajstić information content (AvgIpc) is 2.71. The molecular weight excluding hydrogens is 270 g/mol. The molecule has 0 bridgehead atoms. The lowest BCUT2D eigenvalue weighted by Crippen LogP contribution is -2.35. The Morgan fingerprint density at radius 3 is 2.45 bits per heavy atom. The molecule has 1 amide bonds. The zero-order valence-electron chi connectivity index (χ0n) is 12.7. The second-order valence-corrected chi connectivity index (χ2v) is 6.38. The number of carbonyl (C=O) groups is 1. The van der Waals surface area contributed by atoms with Crippen molar-refractivity contribution in [1.82, 2.24) is 9.88 Å². The second-order valence-electron chi connectivity index (χ2n) is 5.37.